The van der Waals surface area contributed by atoms with E-state index in [4.69, 9.17) is 0 Å². The van der Waals surface area contributed by atoms with Gasteiger partial charge in [-0.1, -0.05) is 44.2 Å². The van der Waals surface area contributed by atoms with Crippen LogP contribution >= 0.6 is 0 Å². The molecule has 1 aromatic rings. The summed E-state index contributed by atoms with van der Waals surface area (Å²) < 4.78 is 0. The van der Waals surface area contributed by atoms with Crippen LogP contribution in [0.1, 0.15) is 43.4 Å². The van der Waals surface area contributed by atoms with Crippen LogP contribution in [0, 0.1) is 14.4 Å². The molecule has 0 heterocycles. The quantitative estimate of drug-likeness (QED) is 0.663. The summed E-state index contributed by atoms with van der Waals surface area (Å²) in [5.74, 6) is 0.615. The van der Waals surface area contributed by atoms with E-state index in [2.05, 4.69) is 58.0 Å². The number of hydrogen-bond acceptors (Lipinski definition) is 0. The van der Waals surface area contributed by atoms with E-state index in [0.29, 0.717) is 5.92 Å². The first-order valence-electron chi connectivity index (χ1n) is 4.88. The molecule has 83 valence electrons. The largest absolute Gasteiger partial charge is 0.358 e. The summed E-state index contributed by atoms with van der Waals surface area (Å²) in [5, 5.41) is 0. The molecule has 1 radical (unpaired) electrons. The van der Waals surface area contributed by atoms with Gasteiger partial charge in [-0.3, -0.25) is 0 Å². The van der Waals surface area contributed by atoms with Crippen molar-refractivity contribution < 1.29 is 18.6 Å². The molecule has 0 amide bonds. The third kappa shape index (κ3) is 4.73. The van der Waals surface area contributed by atoms with Crippen LogP contribution < -0.4 is 0 Å². The molecule has 0 fully saturated rings. The Balaban J connectivity index is 0. The second kappa shape index (κ2) is 7.79. The first-order valence-corrected chi connectivity index (χ1v) is 4.88. The van der Waals surface area contributed by atoms with Gasteiger partial charge in [-0.05, 0) is 36.5 Å². The maximum atomic E-state index is 2.28. The van der Waals surface area contributed by atoms with Crippen LogP contribution in [-0.4, -0.2) is 0 Å². The second-order valence-electron chi connectivity index (χ2n) is 3.77. The van der Waals surface area contributed by atoms with Gasteiger partial charge in [0, 0.05) is 18.6 Å². The van der Waals surface area contributed by atoms with E-state index in [-0.39, 0.29) is 26.0 Å². The Kier molecular flexibility index (Phi) is 8.80. The van der Waals surface area contributed by atoms with Crippen molar-refractivity contribution in [3.63, 3.8) is 0 Å². The molecule has 1 aromatic carbocycles. The molecule has 0 atom stereocenters. The molecule has 0 nitrogen and oxygen atoms in total. The van der Waals surface area contributed by atoms with Gasteiger partial charge >= 0.3 is 0 Å². The van der Waals surface area contributed by atoms with Crippen molar-refractivity contribution in [2.45, 2.75) is 33.6 Å². The molecular formula is C14H21V-. The number of benzene rings is 1. The predicted molar refractivity (Wildman–Crippen MR) is 66.4 cm³/mol. The van der Waals surface area contributed by atoms with Gasteiger partial charge in [0.25, 0.3) is 0 Å². The van der Waals surface area contributed by atoms with Crippen molar-refractivity contribution in [2.75, 3.05) is 0 Å². The molecule has 0 saturated carbocycles. The molecule has 0 saturated heterocycles. The van der Waals surface area contributed by atoms with E-state index >= 15 is 0 Å². The van der Waals surface area contributed by atoms with Gasteiger partial charge in [0.1, 0.15) is 0 Å². The minimum absolute atomic E-state index is 0. The first kappa shape index (κ1) is 17.0. The zero-order valence-corrected chi connectivity index (χ0v) is 11.8. The monoisotopic (exact) mass is 240 g/mol. The zero-order valence-electron chi connectivity index (χ0n) is 10.4. The third-order valence-corrected chi connectivity index (χ3v) is 2.32. The Morgan fingerprint density at radius 3 is 2.27 bits per heavy atom. The standard InChI is InChI=1S/C13H18.CH3.V/c1-5-6-13-9-12(10(2)3)8-7-11(13)4;;/h5-10H,1-4H3;1H3;/q;-1;/b6-5-;;. The van der Waals surface area contributed by atoms with E-state index in [1.54, 1.807) is 0 Å². The summed E-state index contributed by atoms with van der Waals surface area (Å²) in [4.78, 5) is 0. The molecule has 0 aliphatic heterocycles. The third-order valence-electron chi connectivity index (χ3n) is 2.32. The van der Waals surface area contributed by atoms with Crippen LogP contribution in [-0.2, 0) is 18.6 Å². The smallest absolute Gasteiger partial charge is 0 e. The second-order valence-corrected chi connectivity index (χ2v) is 3.77. The Labute approximate surface area is 107 Å². The van der Waals surface area contributed by atoms with Crippen LogP contribution in [0.5, 0.6) is 0 Å². The van der Waals surface area contributed by atoms with E-state index in [9.17, 15) is 0 Å². The number of hydrogen-bond donors (Lipinski definition) is 0. The molecule has 0 aromatic heterocycles. The average Bonchev–Trinajstić information content (AvgIpc) is 2.08. The number of rotatable bonds is 2. The maximum Gasteiger partial charge on any atom is 0 e. The minimum atomic E-state index is 0. The minimum Gasteiger partial charge on any atom is -0.358 e. The summed E-state index contributed by atoms with van der Waals surface area (Å²) >= 11 is 0. The molecule has 0 aliphatic carbocycles. The first-order chi connectivity index (χ1) is 6.15. The fourth-order valence-corrected chi connectivity index (χ4v) is 1.38. The van der Waals surface area contributed by atoms with Crippen LogP contribution in [0.2, 0.25) is 0 Å². The Morgan fingerprint density at radius 1 is 1.20 bits per heavy atom. The van der Waals surface area contributed by atoms with Crippen molar-refractivity contribution in [2.24, 2.45) is 0 Å². The molecule has 1 rings (SSSR count). The van der Waals surface area contributed by atoms with Gasteiger partial charge in [-0.25, -0.2) is 0 Å². The van der Waals surface area contributed by atoms with Crippen LogP contribution in [0.4, 0.5) is 0 Å². The summed E-state index contributed by atoms with van der Waals surface area (Å²) in [6.45, 7) is 8.66. The Bertz CT molecular complexity index is 311. The van der Waals surface area contributed by atoms with Crippen molar-refractivity contribution in [3.05, 3.63) is 48.4 Å². The number of allylic oxidation sites excluding steroid dienone is 1. The molecule has 0 aliphatic rings. The normalized spacial score (nSPS) is 9.93. The summed E-state index contributed by atoms with van der Waals surface area (Å²) in [6, 6.07) is 6.69. The summed E-state index contributed by atoms with van der Waals surface area (Å²) in [5.41, 5.74) is 4.11. The van der Waals surface area contributed by atoms with Gasteiger partial charge in [-0.15, -0.1) is 0 Å². The van der Waals surface area contributed by atoms with Crippen molar-refractivity contribution in [3.8, 4) is 0 Å². The van der Waals surface area contributed by atoms with Gasteiger partial charge in [0.15, 0.2) is 0 Å². The predicted octanol–water partition coefficient (Wildman–Crippen LogP) is 4.60. The molecule has 0 unspecified atom stereocenters. The van der Waals surface area contributed by atoms with Crippen molar-refractivity contribution >= 4 is 6.08 Å². The zero-order chi connectivity index (χ0) is 9.84. The topological polar surface area (TPSA) is 0 Å². The van der Waals surface area contributed by atoms with E-state index in [1.165, 1.54) is 16.7 Å². The average molecular weight is 240 g/mol. The van der Waals surface area contributed by atoms with Crippen molar-refractivity contribution in [1.82, 2.24) is 0 Å². The van der Waals surface area contributed by atoms with E-state index < -0.39 is 0 Å². The van der Waals surface area contributed by atoms with Crippen LogP contribution in [0.25, 0.3) is 6.08 Å². The van der Waals surface area contributed by atoms with E-state index in [1.807, 2.05) is 0 Å². The Hall–Kier alpha value is -0.456. The molecule has 0 N–H and O–H groups in total. The van der Waals surface area contributed by atoms with Gasteiger partial charge < -0.3 is 7.43 Å². The molecule has 1 heteroatoms. The number of aryl methyl sites for hydroxylation is 1. The molecule has 15 heavy (non-hydrogen) atoms. The SMILES string of the molecule is C/C=C\c1cc(C(C)C)ccc1C.[CH3-].[V]. The maximum absolute atomic E-state index is 2.28. The van der Waals surface area contributed by atoms with Crippen LogP contribution in [0.15, 0.2) is 24.3 Å². The van der Waals surface area contributed by atoms with Crippen molar-refractivity contribution in [1.29, 1.82) is 0 Å². The molecular weight excluding hydrogens is 219 g/mol. The summed E-state index contributed by atoms with van der Waals surface area (Å²) in [7, 11) is 0. The summed E-state index contributed by atoms with van der Waals surface area (Å²) in [6.07, 6.45) is 4.26. The fraction of sp³-hybridized carbons (Fsp3) is 0.357. The van der Waals surface area contributed by atoms with Crippen LogP contribution in [0.3, 0.4) is 0 Å². The fourth-order valence-electron chi connectivity index (χ4n) is 1.38. The Morgan fingerprint density at radius 2 is 1.80 bits per heavy atom. The van der Waals surface area contributed by atoms with E-state index in [0.717, 1.165) is 0 Å². The van der Waals surface area contributed by atoms with Gasteiger partial charge in [0.05, 0.1) is 0 Å². The van der Waals surface area contributed by atoms with Gasteiger partial charge in [0.2, 0.25) is 0 Å². The van der Waals surface area contributed by atoms with Gasteiger partial charge in [-0.2, -0.15) is 0 Å². The molecule has 0 bridgehead atoms. The molecule has 0 spiro atoms.